The van der Waals surface area contributed by atoms with Crippen molar-refractivity contribution >= 4 is 16.7 Å². The second-order valence-electron chi connectivity index (χ2n) is 6.52. The highest BCUT2D eigenvalue weighted by Gasteiger charge is 2.44. The Morgan fingerprint density at radius 1 is 1.26 bits per heavy atom. The van der Waals surface area contributed by atoms with Crippen LogP contribution in [0.4, 0.5) is 18.9 Å². The lowest BCUT2D eigenvalue weighted by molar-refractivity contribution is -0.177. The van der Waals surface area contributed by atoms with Gasteiger partial charge in [-0.15, -0.1) is 0 Å². The molecule has 2 atom stereocenters. The Labute approximate surface area is 155 Å². The molecule has 2 aromatic rings. The second kappa shape index (κ2) is 8.06. The molecular weight excluding hydrogens is 359 g/mol. The van der Waals surface area contributed by atoms with E-state index in [-0.39, 0.29) is 19.0 Å². The van der Waals surface area contributed by atoms with Gasteiger partial charge in [0.2, 0.25) is 0 Å². The van der Waals surface area contributed by atoms with Crippen molar-refractivity contribution in [2.24, 2.45) is 5.92 Å². The maximum Gasteiger partial charge on any atom is 0.393 e. The minimum atomic E-state index is -4.28. The Morgan fingerprint density at radius 2 is 2.00 bits per heavy atom. The van der Waals surface area contributed by atoms with Gasteiger partial charge in [-0.25, -0.2) is 0 Å². The van der Waals surface area contributed by atoms with E-state index in [1.165, 1.54) is 12.4 Å². The van der Waals surface area contributed by atoms with E-state index >= 15 is 0 Å². The molecule has 0 radical (unpaired) electrons. The van der Waals surface area contributed by atoms with E-state index in [0.29, 0.717) is 42.0 Å². The van der Waals surface area contributed by atoms with E-state index < -0.39 is 12.1 Å². The van der Waals surface area contributed by atoms with E-state index in [4.69, 9.17) is 4.74 Å². The lowest BCUT2D eigenvalue weighted by Gasteiger charge is -2.40. The number of piperidine rings is 1. The van der Waals surface area contributed by atoms with Crippen LogP contribution in [0, 0.1) is 17.2 Å². The van der Waals surface area contributed by atoms with Crippen LogP contribution in [0.1, 0.15) is 12.0 Å². The van der Waals surface area contributed by atoms with Crippen molar-refractivity contribution in [1.82, 2.24) is 15.3 Å². The predicted octanol–water partition coefficient (Wildman–Crippen LogP) is 2.49. The molecule has 0 saturated carbocycles. The van der Waals surface area contributed by atoms with E-state index in [2.05, 4.69) is 15.3 Å². The number of nitriles is 1. The molecule has 2 heterocycles. The second-order valence-corrected chi connectivity index (χ2v) is 6.52. The van der Waals surface area contributed by atoms with Gasteiger partial charge in [-0.1, -0.05) is 0 Å². The Bertz CT molecular complexity index is 836. The average molecular weight is 379 g/mol. The molecule has 27 heavy (non-hydrogen) atoms. The van der Waals surface area contributed by atoms with Gasteiger partial charge in [-0.05, 0) is 18.6 Å². The summed E-state index contributed by atoms with van der Waals surface area (Å²) in [7, 11) is 1.55. The summed E-state index contributed by atoms with van der Waals surface area (Å²) in [4.78, 5) is 10.1. The lowest BCUT2D eigenvalue weighted by atomic mass is 9.92. The zero-order valence-electron chi connectivity index (χ0n) is 14.8. The summed E-state index contributed by atoms with van der Waals surface area (Å²) in [5.74, 6) is -1.45. The van der Waals surface area contributed by atoms with Gasteiger partial charge >= 0.3 is 6.18 Å². The van der Waals surface area contributed by atoms with Crippen molar-refractivity contribution < 1.29 is 17.9 Å². The Balaban J connectivity index is 1.94. The fraction of sp³-hybridized carbons (Fsp3) is 0.500. The number of fused-ring (bicyclic) bond motifs is 1. The van der Waals surface area contributed by atoms with Crippen molar-refractivity contribution in [3.8, 4) is 6.07 Å². The minimum Gasteiger partial charge on any atom is -0.383 e. The highest BCUT2D eigenvalue weighted by atomic mass is 19.4. The normalized spacial score (nSPS) is 20.6. The standard InChI is InChI=1S/C18H20F3N5O/c1-27-7-6-23-14-8-13(18(19,20)21)10-26(11-14)15-3-2-12(9-22)16-17(15)25-5-4-24-16/h2-5,13-14,23H,6-8,10-11H2,1H3/t13-,14+/m1/s1. The van der Waals surface area contributed by atoms with Crippen LogP contribution in [0.15, 0.2) is 24.5 Å². The summed E-state index contributed by atoms with van der Waals surface area (Å²) in [5.41, 5.74) is 1.75. The molecule has 0 spiro atoms. The molecule has 1 saturated heterocycles. The van der Waals surface area contributed by atoms with Crippen molar-refractivity contribution in [3.63, 3.8) is 0 Å². The number of anilines is 1. The van der Waals surface area contributed by atoms with Gasteiger partial charge < -0.3 is 15.0 Å². The van der Waals surface area contributed by atoms with Crippen molar-refractivity contribution in [2.75, 3.05) is 38.3 Å². The molecule has 144 valence electrons. The summed E-state index contributed by atoms with van der Waals surface area (Å²) < 4.78 is 45.4. The van der Waals surface area contributed by atoms with Crippen molar-refractivity contribution in [2.45, 2.75) is 18.6 Å². The first-order valence-electron chi connectivity index (χ1n) is 8.62. The molecule has 0 aliphatic carbocycles. The van der Waals surface area contributed by atoms with Crippen LogP contribution in [-0.2, 0) is 4.74 Å². The number of benzene rings is 1. The van der Waals surface area contributed by atoms with Crippen LogP contribution in [0.5, 0.6) is 0 Å². The van der Waals surface area contributed by atoms with Gasteiger partial charge in [0.05, 0.1) is 23.8 Å². The van der Waals surface area contributed by atoms with E-state index in [1.54, 1.807) is 24.1 Å². The van der Waals surface area contributed by atoms with Crippen LogP contribution >= 0.6 is 0 Å². The quantitative estimate of drug-likeness (QED) is 0.805. The lowest BCUT2D eigenvalue weighted by Crippen LogP contribution is -2.53. The summed E-state index contributed by atoms with van der Waals surface area (Å²) in [6.45, 7) is 1.17. The van der Waals surface area contributed by atoms with E-state index in [1.807, 2.05) is 6.07 Å². The Morgan fingerprint density at radius 3 is 2.67 bits per heavy atom. The summed E-state index contributed by atoms with van der Waals surface area (Å²) in [6, 6.07) is 4.95. The van der Waals surface area contributed by atoms with Gasteiger partial charge in [0.25, 0.3) is 0 Å². The Kier molecular flexibility index (Phi) is 5.77. The van der Waals surface area contributed by atoms with Crippen LogP contribution in [0.25, 0.3) is 11.0 Å². The maximum absolute atomic E-state index is 13.5. The van der Waals surface area contributed by atoms with Gasteiger partial charge in [0.15, 0.2) is 0 Å². The first-order valence-corrected chi connectivity index (χ1v) is 8.62. The number of methoxy groups -OCH3 is 1. The largest absolute Gasteiger partial charge is 0.393 e. The summed E-state index contributed by atoms with van der Waals surface area (Å²) in [6.07, 6.45) is -1.32. The van der Waals surface area contributed by atoms with Crippen LogP contribution in [0.2, 0.25) is 0 Å². The van der Waals surface area contributed by atoms with Crippen LogP contribution < -0.4 is 10.2 Å². The molecule has 0 unspecified atom stereocenters. The van der Waals surface area contributed by atoms with Crippen molar-refractivity contribution in [1.29, 1.82) is 5.26 Å². The molecule has 0 bridgehead atoms. The van der Waals surface area contributed by atoms with Gasteiger partial charge in [-0.3, -0.25) is 9.97 Å². The highest BCUT2D eigenvalue weighted by molar-refractivity contribution is 5.92. The third kappa shape index (κ3) is 4.28. The first kappa shape index (κ1) is 19.3. The zero-order valence-corrected chi connectivity index (χ0v) is 14.8. The number of ether oxygens (including phenoxy) is 1. The molecule has 3 rings (SSSR count). The number of rotatable bonds is 5. The SMILES string of the molecule is COCCN[C@H]1C[C@@H](C(F)(F)F)CN(c2ccc(C#N)c3nccnc23)C1. The fourth-order valence-corrected chi connectivity index (χ4v) is 3.43. The number of halogens is 3. The van der Waals surface area contributed by atoms with E-state index in [9.17, 15) is 18.4 Å². The molecule has 1 N–H and O–H groups in total. The molecule has 6 nitrogen and oxygen atoms in total. The third-order valence-corrected chi connectivity index (χ3v) is 4.72. The number of hydrogen-bond donors (Lipinski definition) is 1. The maximum atomic E-state index is 13.5. The topological polar surface area (TPSA) is 74.1 Å². The summed E-state index contributed by atoms with van der Waals surface area (Å²) in [5, 5.41) is 12.4. The highest BCUT2D eigenvalue weighted by Crippen LogP contribution is 2.36. The fourth-order valence-electron chi connectivity index (χ4n) is 3.43. The van der Waals surface area contributed by atoms with Crippen molar-refractivity contribution in [3.05, 3.63) is 30.1 Å². The molecule has 1 aromatic carbocycles. The number of nitrogens with one attached hydrogen (secondary N) is 1. The minimum absolute atomic E-state index is 0.0175. The monoisotopic (exact) mass is 379 g/mol. The molecule has 1 aliphatic rings. The molecule has 1 fully saturated rings. The number of aromatic nitrogens is 2. The van der Waals surface area contributed by atoms with Gasteiger partial charge in [0, 0.05) is 45.2 Å². The summed E-state index contributed by atoms with van der Waals surface area (Å²) >= 11 is 0. The third-order valence-electron chi connectivity index (χ3n) is 4.72. The van der Waals surface area contributed by atoms with Gasteiger partial charge in [0.1, 0.15) is 17.1 Å². The smallest absolute Gasteiger partial charge is 0.383 e. The van der Waals surface area contributed by atoms with Crippen LogP contribution in [-0.4, -0.2) is 55.5 Å². The van der Waals surface area contributed by atoms with Gasteiger partial charge in [-0.2, -0.15) is 18.4 Å². The molecule has 1 aromatic heterocycles. The first-order chi connectivity index (χ1) is 12.9. The number of alkyl halides is 3. The van der Waals surface area contributed by atoms with Crippen LogP contribution in [0.3, 0.4) is 0 Å². The molecule has 9 heteroatoms. The number of hydrogen-bond acceptors (Lipinski definition) is 6. The molecule has 0 amide bonds. The molecular formula is C18H20F3N5O. The molecule has 1 aliphatic heterocycles. The van der Waals surface area contributed by atoms with E-state index in [0.717, 1.165) is 0 Å². The zero-order chi connectivity index (χ0) is 19.4. The predicted molar refractivity (Wildman–Crippen MR) is 94.3 cm³/mol. The Hall–Kier alpha value is -2.44. The number of nitrogens with zero attached hydrogens (tertiary/aromatic N) is 4. The average Bonchev–Trinajstić information content (AvgIpc) is 2.66.